The highest BCUT2D eigenvalue weighted by molar-refractivity contribution is 6.30. The van der Waals surface area contributed by atoms with Gasteiger partial charge in [-0.15, -0.1) is 0 Å². The second kappa shape index (κ2) is 3.77. The van der Waals surface area contributed by atoms with E-state index in [0.717, 1.165) is 19.3 Å². The molecule has 0 aliphatic heterocycles. The average molecular weight is 243 g/mol. The van der Waals surface area contributed by atoms with E-state index < -0.39 is 5.69 Å². The Morgan fingerprint density at radius 2 is 2.06 bits per heavy atom. The number of hydrogen-bond donors (Lipinski definition) is 1. The lowest BCUT2D eigenvalue weighted by molar-refractivity contribution is 0.391. The van der Waals surface area contributed by atoms with Gasteiger partial charge >= 0.3 is 5.69 Å². The third-order valence-electron chi connectivity index (χ3n) is 3.56. The topological polar surface area (TPSA) is 54.9 Å². The van der Waals surface area contributed by atoms with E-state index in [0.29, 0.717) is 12.1 Å². The van der Waals surface area contributed by atoms with E-state index in [1.165, 1.54) is 4.57 Å². The summed E-state index contributed by atoms with van der Waals surface area (Å²) in [6.07, 6.45) is 3.19. The summed E-state index contributed by atoms with van der Waals surface area (Å²) in [7, 11) is 0. The first-order valence-electron chi connectivity index (χ1n) is 5.48. The van der Waals surface area contributed by atoms with Crippen molar-refractivity contribution < 1.29 is 0 Å². The number of H-pyrrole nitrogens is 1. The fourth-order valence-electron chi connectivity index (χ4n) is 1.92. The molecule has 0 aromatic carbocycles. The number of aromatic nitrogens is 2. The minimum atomic E-state index is -0.402. The van der Waals surface area contributed by atoms with Gasteiger partial charge in [-0.05, 0) is 31.6 Å². The Morgan fingerprint density at radius 1 is 1.44 bits per heavy atom. The van der Waals surface area contributed by atoms with Gasteiger partial charge in [-0.2, -0.15) is 0 Å². The third kappa shape index (κ3) is 1.82. The molecule has 1 aromatic heterocycles. The lowest BCUT2D eigenvalue weighted by Crippen LogP contribution is -2.38. The van der Waals surface area contributed by atoms with Crippen LogP contribution in [0.15, 0.2) is 9.59 Å². The molecule has 1 N–H and O–H groups in total. The fraction of sp³-hybridized carbons (Fsp3) is 0.636. The molecule has 88 valence electrons. The second-order valence-corrected chi connectivity index (χ2v) is 4.99. The Balaban J connectivity index is 2.46. The van der Waals surface area contributed by atoms with Crippen LogP contribution in [0.1, 0.15) is 31.7 Å². The van der Waals surface area contributed by atoms with E-state index in [1.807, 2.05) is 0 Å². The van der Waals surface area contributed by atoms with Gasteiger partial charge in [0.25, 0.3) is 5.56 Å². The fourth-order valence-corrected chi connectivity index (χ4v) is 2.08. The van der Waals surface area contributed by atoms with Crippen molar-refractivity contribution in [1.29, 1.82) is 0 Å². The van der Waals surface area contributed by atoms with Gasteiger partial charge in [0.05, 0.1) is 0 Å². The molecule has 0 atom stereocenters. The third-order valence-corrected chi connectivity index (χ3v) is 3.94. The van der Waals surface area contributed by atoms with Crippen LogP contribution in [0.3, 0.4) is 0 Å². The van der Waals surface area contributed by atoms with Crippen LogP contribution >= 0.6 is 11.6 Å². The second-order valence-electron chi connectivity index (χ2n) is 4.61. The smallest absolute Gasteiger partial charge is 0.297 e. The van der Waals surface area contributed by atoms with Crippen LogP contribution in [0.25, 0.3) is 0 Å². The van der Waals surface area contributed by atoms with E-state index >= 15 is 0 Å². The molecule has 0 spiro atoms. The summed E-state index contributed by atoms with van der Waals surface area (Å²) in [5, 5.41) is 0.146. The van der Waals surface area contributed by atoms with Crippen LogP contribution in [0.2, 0.25) is 5.15 Å². The molecule has 1 aliphatic carbocycles. The molecule has 1 saturated carbocycles. The van der Waals surface area contributed by atoms with E-state index in [-0.39, 0.29) is 16.1 Å². The number of nitrogens with zero attached hydrogens (tertiary/aromatic N) is 1. The van der Waals surface area contributed by atoms with Crippen molar-refractivity contribution in [3.63, 3.8) is 0 Å². The zero-order valence-corrected chi connectivity index (χ0v) is 10.2. The van der Waals surface area contributed by atoms with Crippen LogP contribution in [0.5, 0.6) is 0 Å². The van der Waals surface area contributed by atoms with Crippen molar-refractivity contribution in [2.45, 2.75) is 39.7 Å². The molecule has 1 fully saturated rings. The highest BCUT2D eigenvalue weighted by atomic mass is 35.5. The summed E-state index contributed by atoms with van der Waals surface area (Å²) in [6.45, 7) is 4.23. The number of rotatable bonds is 3. The van der Waals surface area contributed by atoms with Crippen LogP contribution in [-0.2, 0) is 6.54 Å². The zero-order valence-electron chi connectivity index (χ0n) is 9.47. The van der Waals surface area contributed by atoms with Crippen LogP contribution in [-0.4, -0.2) is 9.55 Å². The molecule has 0 saturated heterocycles. The Hall–Kier alpha value is -1.03. The molecule has 16 heavy (non-hydrogen) atoms. The number of hydrogen-bond acceptors (Lipinski definition) is 2. The predicted octanol–water partition coefficient (Wildman–Crippen LogP) is 1.69. The van der Waals surface area contributed by atoms with Gasteiger partial charge < -0.3 is 0 Å². The molecular formula is C11H15ClN2O2. The summed E-state index contributed by atoms with van der Waals surface area (Å²) in [4.78, 5) is 26.0. The molecule has 1 heterocycles. The minimum absolute atomic E-state index is 0.146. The normalized spacial score (nSPS) is 17.4. The first-order chi connectivity index (χ1) is 7.49. The summed E-state index contributed by atoms with van der Waals surface area (Å²) < 4.78 is 1.28. The Morgan fingerprint density at radius 3 is 2.56 bits per heavy atom. The van der Waals surface area contributed by atoms with Gasteiger partial charge in [0.15, 0.2) is 0 Å². The Kier molecular flexibility index (Phi) is 2.70. The maximum Gasteiger partial charge on any atom is 0.329 e. The summed E-state index contributed by atoms with van der Waals surface area (Å²) >= 11 is 5.74. The lowest BCUT2D eigenvalue weighted by Gasteiger charge is -2.14. The summed E-state index contributed by atoms with van der Waals surface area (Å²) in [6, 6.07) is 0. The molecule has 1 aromatic rings. The molecule has 2 rings (SSSR count). The quantitative estimate of drug-likeness (QED) is 0.820. The molecular weight excluding hydrogens is 228 g/mol. The number of halogens is 1. The predicted molar refractivity (Wildman–Crippen MR) is 63.0 cm³/mol. The van der Waals surface area contributed by atoms with Crippen molar-refractivity contribution in [3.8, 4) is 0 Å². The van der Waals surface area contributed by atoms with E-state index in [9.17, 15) is 9.59 Å². The van der Waals surface area contributed by atoms with Gasteiger partial charge in [0, 0.05) is 12.1 Å². The molecule has 0 unspecified atom stereocenters. The van der Waals surface area contributed by atoms with E-state index in [1.54, 1.807) is 6.92 Å². The summed E-state index contributed by atoms with van der Waals surface area (Å²) in [5.74, 6) is 0. The standard InChI is InChI=1S/C11H15ClN2O2/c1-3-11(4-5-11)6-14-9(15)7(2)8(12)13-10(14)16/h3-6H2,1-2H3,(H,13,16). The highest BCUT2D eigenvalue weighted by Gasteiger charge is 2.41. The number of nitrogens with one attached hydrogen (secondary N) is 1. The maximum atomic E-state index is 11.9. The van der Waals surface area contributed by atoms with Crippen molar-refractivity contribution in [2.24, 2.45) is 5.41 Å². The first-order valence-corrected chi connectivity index (χ1v) is 5.86. The molecule has 1 aliphatic rings. The largest absolute Gasteiger partial charge is 0.329 e. The van der Waals surface area contributed by atoms with Gasteiger partial charge in [-0.3, -0.25) is 14.3 Å². The van der Waals surface area contributed by atoms with Crippen LogP contribution in [0, 0.1) is 12.3 Å². The summed E-state index contributed by atoms with van der Waals surface area (Å²) in [5.41, 5.74) is -0.0983. The van der Waals surface area contributed by atoms with Crippen molar-refractivity contribution in [3.05, 3.63) is 31.6 Å². The van der Waals surface area contributed by atoms with Crippen LogP contribution in [0.4, 0.5) is 0 Å². The van der Waals surface area contributed by atoms with Gasteiger partial charge in [-0.1, -0.05) is 18.5 Å². The monoisotopic (exact) mass is 242 g/mol. The molecule has 4 nitrogen and oxygen atoms in total. The number of aromatic amines is 1. The first kappa shape index (κ1) is 11.5. The lowest BCUT2D eigenvalue weighted by atomic mass is 10.0. The molecule has 0 amide bonds. The zero-order chi connectivity index (χ0) is 11.9. The molecule has 0 radical (unpaired) electrons. The van der Waals surface area contributed by atoms with E-state index in [2.05, 4.69) is 11.9 Å². The maximum absolute atomic E-state index is 11.9. The molecule has 0 bridgehead atoms. The van der Waals surface area contributed by atoms with Crippen LogP contribution < -0.4 is 11.2 Å². The molecule has 5 heteroatoms. The minimum Gasteiger partial charge on any atom is -0.297 e. The van der Waals surface area contributed by atoms with Gasteiger partial charge in [0.2, 0.25) is 0 Å². The Bertz CT molecular complexity index is 526. The van der Waals surface area contributed by atoms with Crippen molar-refractivity contribution in [2.75, 3.05) is 0 Å². The SMILES string of the molecule is CCC1(Cn2c(=O)[nH]c(Cl)c(C)c2=O)CC1. The van der Waals surface area contributed by atoms with Gasteiger partial charge in [-0.25, -0.2) is 4.79 Å². The van der Waals surface area contributed by atoms with Crippen molar-refractivity contribution >= 4 is 11.6 Å². The average Bonchev–Trinajstić information content (AvgIpc) is 3.02. The van der Waals surface area contributed by atoms with Crippen molar-refractivity contribution in [1.82, 2.24) is 9.55 Å². The van der Waals surface area contributed by atoms with Gasteiger partial charge in [0.1, 0.15) is 5.15 Å². The highest BCUT2D eigenvalue weighted by Crippen LogP contribution is 2.49. The Labute approximate surface area is 98.3 Å². The van der Waals surface area contributed by atoms with E-state index in [4.69, 9.17) is 11.6 Å².